The number of amides is 5. The van der Waals surface area contributed by atoms with E-state index in [1.807, 2.05) is 0 Å². The molecule has 10 nitrogen and oxygen atoms in total. The lowest BCUT2D eigenvalue weighted by Gasteiger charge is -2.27. The summed E-state index contributed by atoms with van der Waals surface area (Å²) in [7, 11) is 2.76. The number of hydrogen-bond acceptors (Lipinski definition) is 6. The van der Waals surface area contributed by atoms with E-state index in [-0.39, 0.29) is 35.7 Å². The minimum Gasteiger partial charge on any atom is -0.496 e. The van der Waals surface area contributed by atoms with Gasteiger partial charge in [-0.1, -0.05) is 53.5 Å². The Kier molecular flexibility index (Phi) is 9.38. The molecule has 3 aromatic carbocycles. The van der Waals surface area contributed by atoms with Gasteiger partial charge in [-0.2, -0.15) is 0 Å². The Morgan fingerprint density at radius 1 is 1.02 bits per heavy atom. The van der Waals surface area contributed by atoms with Crippen molar-refractivity contribution in [2.75, 3.05) is 32.6 Å². The number of halogens is 3. The van der Waals surface area contributed by atoms with Crippen molar-refractivity contribution in [3.05, 3.63) is 70.0 Å². The molecule has 2 atom stereocenters. The summed E-state index contributed by atoms with van der Waals surface area (Å²) in [5, 5.41) is 11.8. The lowest BCUT2D eigenvalue weighted by atomic mass is 9.96. The van der Waals surface area contributed by atoms with E-state index in [9.17, 15) is 19.2 Å². The molecule has 3 aromatic rings. The maximum Gasteiger partial charge on any atom is 0.323 e. The standard InChI is InChI=1S/C31H30Cl2FN5O5/c1-39-30(42)22(15-37-31(39)43)29(41)38-24-8-4-7-20(28(24)33)19-6-3-5-18(27(19)32)16-11-23(34)21(25(12-16)44-2)14-35-17-9-10-26(40)36-13-17/h3-8,11-12,17,22,35H,9-10,13-15H2,1-2H3,(H,36,40)(H,37,43)(H,38,41)/t17-,22?/m0/s1. The van der Waals surface area contributed by atoms with Crippen LogP contribution in [0.25, 0.3) is 22.3 Å². The number of nitrogens with one attached hydrogen (secondary N) is 4. The van der Waals surface area contributed by atoms with Crippen molar-refractivity contribution in [3.8, 4) is 28.0 Å². The number of nitrogens with zero attached hydrogens (tertiary/aromatic N) is 1. The largest absolute Gasteiger partial charge is 0.496 e. The molecule has 13 heteroatoms. The van der Waals surface area contributed by atoms with Crippen LogP contribution in [0, 0.1) is 11.7 Å². The number of methoxy groups -OCH3 is 1. The van der Waals surface area contributed by atoms with Gasteiger partial charge in [0.05, 0.1) is 22.8 Å². The molecule has 0 aromatic heterocycles. The summed E-state index contributed by atoms with van der Waals surface area (Å²) in [5.41, 5.74) is 2.68. The third kappa shape index (κ3) is 6.35. The van der Waals surface area contributed by atoms with Gasteiger partial charge in [0.15, 0.2) is 0 Å². The van der Waals surface area contributed by atoms with Crippen molar-refractivity contribution in [2.45, 2.75) is 25.4 Å². The lowest BCUT2D eigenvalue weighted by Crippen LogP contribution is -2.56. The molecule has 0 bridgehead atoms. The minimum atomic E-state index is -1.11. The van der Waals surface area contributed by atoms with E-state index in [0.717, 1.165) is 4.90 Å². The fourth-order valence-electron chi connectivity index (χ4n) is 5.23. The smallest absolute Gasteiger partial charge is 0.323 e. The van der Waals surface area contributed by atoms with E-state index in [2.05, 4.69) is 21.3 Å². The van der Waals surface area contributed by atoms with Gasteiger partial charge in [0.2, 0.25) is 17.7 Å². The maximum absolute atomic E-state index is 15.5. The second-order valence-electron chi connectivity index (χ2n) is 10.5. The minimum absolute atomic E-state index is 0.00768. The molecular formula is C31H30Cl2FN5O5. The predicted octanol–water partition coefficient (Wildman–Crippen LogP) is 4.58. The van der Waals surface area contributed by atoms with Crippen LogP contribution in [-0.2, 0) is 20.9 Å². The number of carbonyl (C=O) groups excluding carboxylic acids is 4. The Hall–Kier alpha value is -4.19. The van der Waals surface area contributed by atoms with Crippen LogP contribution >= 0.6 is 23.2 Å². The van der Waals surface area contributed by atoms with Gasteiger partial charge >= 0.3 is 6.03 Å². The number of benzene rings is 3. The van der Waals surface area contributed by atoms with Crippen LogP contribution in [0.2, 0.25) is 10.0 Å². The van der Waals surface area contributed by atoms with Gasteiger partial charge in [-0.15, -0.1) is 0 Å². The molecule has 0 spiro atoms. The monoisotopic (exact) mass is 641 g/mol. The Morgan fingerprint density at radius 2 is 1.73 bits per heavy atom. The fourth-order valence-corrected chi connectivity index (χ4v) is 5.84. The summed E-state index contributed by atoms with van der Waals surface area (Å²) in [4.78, 5) is 49.4. The van der Waals surface area contributed by atoms with Gasteiger partial charge in [0.1, 0.15) is 17.5 Å². The van der Waals surface area contributed by atoms with E-state index in [1.165, 1.54) is 20.2 Å². The SMILES string of the molecule is COc1cc(-c2cccc(-c3cccc(NC(=O)C4CNC(=O)N(C)C4=O)c3Cl)c2Cl)cc(F)c1CN[C@H]1CCC(=O)NC1. The number of piperidine rings is 1. The fraction of sp³-hybridized carbons (Fsp3) is 0.290. The molecular weight excluding hydrogens is 612 g/mol. The average Bonchev–Trinajstić information content (AvgIpc) is 3.01. The molecule has 1 unspecified atom stereocenters. The van der Waals surface area contributed by atoms with Crippen molar-refractivity contribution in [1.82, 2.24) is 20.9 Å². The first-order valence-corrected chi connectivity index (χ1v) is 14.6. The number of urea groups is 1. The van der Waals surface area contributed by atoms with Crippen LogP contribution in [0.1, 0.15) is 18.4 Å². The molecule has 2 aliphatic rings. The second kappa shape index (κ2) is 13.2. The zero-order chi connectivity index (χ0) is 31.5. The highest BCUT2D eigenvalue weighted by Gasteiger charge is 2.36. The Morgan fingerprint density at radius 3 is 2.43 bits per heavy atom. The highest BCUT2D eigenvalue weighted by Crippen LogP contribution is 2.42. The molecule has 0 saturated carbocycles. The summed E-state index contributed by atoms with van der Waals surface area (Å²) >= 11 is 13.6. The van der Waals surface area contributed by atoms with Crippen LogP contribution < -0.4 is 26.0 Å². The summed E-state index contributed by atoms with van der Waals surface area (Å²) in [6.07, 6.45) is 1.08. The zero-order valence-electron chi connectivity index (χ0n) is 23.9. The first kappa shape index (κ1) is 31.2. The van der Waals surface area contributed by atoms with Crippen molar-refractivity contribution >= 4 is 52.6 Å². The maximum atomic E-state index is 15.5. The third-order valence-corrected chi connectivity index (χ3v) is 8.59. The van der Waals surface area contributed by atoms with Crippen LogP contribution in [0.3, 0.4) is 0 Å². The number of imide groups is 1. The van der Waals surface area contributed by atoms with E-state index in [4.69, 9.17) is 27.9 Å². The second-order valence-corrected chi connectivity index (χ2v) is 11.3. The summed E-state index contributed by atoms with van der Waals surface area (Å²) in [6.45, 7) is 0.560. The van der Waals surface area contributed by atoms with Crippen LogP contribution in [-0.4, -0.2) is 61.9 Å². The van der Waals surface area contributed by atoms with E-state index < -0.39 is 29.6 Å². The molecule has 0 aliphatic carbocycles. The van der Waals surface area contributed by atoms with Crippen molar-refractivity contribution in [2.24, 2.45) is 5.92 Å². The lowest BCUT2D eigenvalue weighted by molar-refractivity contribution is -0.138. The predicted molar refractivity (Wildman–Crippen MR) is 165 cm³/mol. The first-order valence-electron chi connectivity index (χ1n) is 13.9. The van der Waals surface area contributed by atoms with Gasteiger partial charge in [-0.3, -0.25) is 19.3 Å². The van der Waals surface area contributed by atoms with Gasteiger partial charge in [-0.05, 0) is 30.2 Å². The van der Waals surface area contributed by atoms with Gasteiger partial charge in [0.25, 0.3) is 0 Å². The topological polar surface area (TPSA) is 129 Å². The summed E-state index contributed by atoms with van der Waals surface area (Å²) < 4.78 is 21.0. The van der Waals surface area contributed by atoms with Gasteiger partial charge < -0.3 is 26.0 Å². The highest BCUT2D eigenvalue weighted by molar-refractivity contribution is 6.39. The average molecular weight is 643 g/mol. The first-order chi connectivity index (χ1) is 21.1. The van der Waals surface area contributed by atoms with Crippen molar-refractivity contribution in [1.29, 1.82) is 0 Å². The van der Waals surface area contributed by atoms with Gasteiger partial charge in [0, 0.05) is 61.4 Å². The zero-order valence-corrected chi connectivity index (χ0v) is 25.4. The van der Waals surface area contributed by atoms with Gasteiger partial charge in [-0.25, -0.2) is 9.18 Å². The quantitative estimate of drug-likeness (QED) is 0.267. The van der Waals surface area contributed by atoms with E-state index >= 15 is 4.39 Å². The van der Waals surface area contributed by atoms with Crippen LogP contribution in [0.5, 0.6) is 5.75 Å². The van der Waals surface area contributed by atoms with Crippen molar-refractivity contribution < 1.29 is 28.3 Å². The number of rotatable bonds is 8. The van der Waals surface area contributed by atoms with E-state index in [0.29, 0.717) is 58.0 Å². The number of carbonyl (C=O) groups is 4. The number of hydrogen-bond donors (Lipinski definition) is 4. The Bertz CT molecular complexity index is 1640. The van der Waals surface area contributed by atoms with Crippen molar-refractivity contribution in [3.63, 3.8) is 0 Å². The van der Waals surface area contributed by atoms with Crippen LogP contribution in [0.15, 0.2) is 48.5 Å². The molecule has 5 amide bonds. The molecule has 2 heterocycles. The molecule has 44 heavy (non-hydrogen) atoms. The molecule has 2 saturated heterocycles. The molecule has 2 fully saturated rings. The van der Waals surface area contributed by atoms with E-state index in [1.54, 1.807) is 42.5 Å². The molecule has 5 rings (SSSR count). The number of ether oxygens (including phenoxy) is 1. The van der Waals surface area contributed by atoms with Crippen LogP contribution in [0.4, 0.5) is 14.9 Å². The molecule has 4 N–H and O–H groups in total. The third-order valence-electron chi connectivity index (χ3n) is 7.77. The Balaban J connectivity index is 1.40. The molecule has 2 aliphatic heterocycles. The normalized spacial score (nSPS) is 18.5. The highest BCUT2D eigenvalue weighted by atomic mass is 35.5. The number of anilines is 1. The Labute approximate surface area is 263 Å². The molecule has 230 valence electrons. The summed E-state index contributed by atoms with van der Waals surface area (Å²) in [5.74, 6) is -2.48. The summed E-state index contributed by atoms with van der Waals surface area (Å²) in [6, 6.07) is 12.8. The molecule has 0 radical (unpaired) electrons.